The second kappa shape index (κ2) is 5.81. The van der Waals surface area contributed by atoms with Crippen molar-refractivity contribution in [3.63, 3.8) is 0 Å². The molecular weight excluding hydrogens is 254 g/mol. The van der Waals surface area contributed by atoms with Crippen molar-refractivity contribution >= 4 is 28.5 Å². The first kappa shape index (κ1) is 12.8. The van der Waals surface area contributed by atoms with Crippen LogP contribution in [0.1, 0.15) is 25.7 Å². The van der Waals surface area contributed by atoms with Crippen LogP contribution in [-0.4, -0.2) is 39.6 Å². The Hall–Kier alpha value is -1.63. The zero-order valence-corrected chi connectivity index (χ0v) is 10.7. The van der Waals surface area contributed by atoms with Crippen LogP contribution in [0.5, 0.6) is 0 Å². The summed E-state index contributed by atoms with van der Waals surface area (Å²) in [5, 5.41) is 13.8. The molecule has 1 aromatic rings. The van der Waals surface area contributed by atoms with Crippen LogP contribution in [0.15, 0.2) is 11.6 Å². The van der Waals surface area contributed by atoms with E-state index in [2.05, 4.69) is 10.3 Å². The summed E-state index contributed by atoms with van der Waals surface area (Å²) in [6.45, 7) is -0.262. The number of hydrogen-bond donors (Lipinski definition) is 2. The molecule has 6 nitrogen and oxygen atoms in total. The smallest absolute Gasteiger partial charge is 0.324 e. The summed E-state index contributed by atoms with van der Waals surface area (Å²) < 4.78 is 0. The summed E-state index contributed by atoms with van der Waals surface area (Å²) >= 11 is 1.31. The first-order valence-electron chi connectivity index (χ1n) is 5.85. The Bertz CT molecular complexity index is 415. The number of aliphatic carboxylic acids is 1. The zero-order chi connectivity index (χ0) is 13.0. The molecule has 1 heterocycles. The van der Waals surface area contributed by atoms with Crippen molar-refractivity contribution in [2.24, 2.45) is 0 Å². The monoisotopic (exact) mass is 269 g/mol. The van der Waals surface area contributed by atoms with Crippen LogP contribution in [0, 0.1) is 0 Å². The number of nitrogens with one attached hydrogen (secondary N) is 1. The molecular formula is C11H15N3O3S. The number of carboxylic acid groups (broad SMARTS) is 1. The summed E-state index contributed by atoms with van der Waals surface area (Å²) in [6.07, 6.45) is 5.44. The molecule has 2 N–H and O–H groups in total. The van der Waals surface area contributed by atoms with E-state index in [0.717, 1.165) is 25.7 Å². The van der Waals surface area contributed by atoms with E-state index in [4.69, 9.17) is 5.11 Å². The second-order valence-electron chi connectivity index (χ2n) is 4.23. The maximum absolute atomic E-state index is 12.1. The highest BCUT2D eigenvalue weighted by Crippen LogP contribution is 2.24. The van der Waals surface area contributed by atoms with Gasteiger partial charge in [0.05, 0.1) is 0 Å². The molecule has 0 atom stereocenters. The quantitative estimate of drug-likeness (QED) is 0.875. The first-order chi connectivity index (χ1) is 8.66. The summed E-state index contributed by atoms with van der Waals surface area (Å²) in [5.74, 6) is -0.990. The summed E-state index contributed by atoms with van der Waals surface area (Å²) in [7, 11) is 0. The molecule has 2 rings (SSSR count). The lowest BCUT2D eigenvalue weighted by Gasteiger charge is -2.26. The van der Waals surface area contributed by atoms with Gasteiger partial charge in [-0.2, -0.15) is 0 Å². The lowest BCUT2D eigenvalue weighted by atomic mass is 10.2. The van der Waals surface area contributed by atoms with Gasteiger partial charge in [-0.3, -0.25) is 10.1 Å². The average Bonchev–Trinajstić information content (AvgIpc) is 2.97. The number of urea groups is 1. The van der Waals surface area contributed by atoms with Crippen LogP contribution in [0.25, 0.3) is 0 Å². The Kier molecular flexibility index (Phi) is 4.14. The number of anilines is 1. The molecule has 1 fully saturated rings. The van der Waals surface area contributed by atoms with Crippen LogP contribution in [0.2, 0.25) is 0 Å². The molecule has 2 amide bonds. The number of aromatic nitrogens is 1. The molecule has 1 aromatic heterocycles. The standard InChI is InChI=1S/C11H15N3O3S/c15-9(16)7-14(8-3-1-2-4-8)11(17)13-10-12-5-6-18-10/h5-6,8H,1-4,7H2,(H,15,16)(H,12,13,17). The van der Waals surface area contributed by atoms with Gasteiger partial charge in [0, 0.05) is 17.6 Å². The molecule has 0 radical (unpaired) electrons. The maximum atomic E-state index is 12.1. The number of amides is 2. The number of carbonyl (C=O) groups excluding carboxylic acids is 1. The fraction of sp³-hybridized carbons (Fsp3) is 0.545. The summed E-state index contributed by atoms with van der Waals surface area (Å²) in [6, 6.07) is -0.347. The van der Waals surface area contributed by atoms with Crippen molar-refractivity contribution in [2.75, 3.05) is 11.9 Å². The van der Waals surface area contributed by atoms with Gasteiger partial charge < -0.3 is 10.0 Å². The molecule has 1 aliphatic carbocycles. The van der Waals surface area contributed by atoms with Gasteiger partial charge in [0.1, 0.15) is 6.54 Å². The van der Waals surface area contributed by atoms with E-state index in [9.17, 15) is 9.59 Å². The van der Waals surface area contributed by atoms with Crippen LogP contribution in [0.3, 0.4) is 0 Å². The second-order valence-corrected chi connectivity index (χ2v) is 5.12. The van der Waals surface area contributed by atoms with Crippen molar-refractivity contribution in [1.82, 2.24) is 9.88 Å². The van der Waals surface area contributed by atoms with E-state index >= 15 is 0 Å². The number of carbonyl (C=O) groups is 2. The minimum atomic E-state index is -0.990. The molecule has 7 heteroatoms. The van der Waals surface area contributed by atoms with Gasteiger partial charge in [-0.05, 0) is 12.8 Å². The van der Waals surface area contributed by atoms with E-state index in [-0.39, 0.29) is 18.6 Å². The molecule has 18 heavy (non-hydrogen) atoms. The van der Waals surface area contributed by atoms with Crippen molar-refractivity contribution in [2.45, 2.75) is 31.7 Å². The van der Waals surface area contributed by atoms with E-state index in [1.54, 1.807) is 11.6 Å². The van der Waals surface area contributed by atoms with Gasteiger partial charge >= 0.3 is 12.0 Å². The lowest BCUT2D eigenvalue weighted by Crippen LogP contribution is -2.44. The third-order valence-corrected chi connectivity index (χ3v) is 3.67. The van der Waals surface area contributed by atoms with Gasteiger partial charge in [0.25, 0.3) is 0 Å². The first-order valence-corrected chi connectivity index (χ1v) is 6.73. The molecule has 0 bridgehead atoms. The highest BCUT2D eigenvalue weighted by molar-refractivity contribution is 7.13. The predicted molar refractivity (Wildman–Crippen MR) is 67.7 cm³/mol. The van der Waals surface area contributed by atoms with Crippen LogP contribution >= 0.6 is 11.3 Å². The van der Waals surface area contributed by atoms with Crippen molar-refractivity contribution < 1.29 is 14.7 Å². The van der Waals surface area contributed by atoms with E-state index in [1.807, 2.05) is 0 Å². The fourth-order valence-corrected chi connectivity index (χ4v) is 2.70. The molecule has 0 aliphatic heterocycles. The third kappa shape index (κ3) is 3.19. The Morgan fingerprint density at radius 3 is 2.78 bits per heavy atom. The Morgan fingerprint density at radius 2 is 2.22 bits per heavy atom. The van der Waals surface area contributed by atoms with E-state index in [0.29, 0.717) is 5.13 Å². The van der Waals surface area contributed by atoms with Crippen molar-refractivity contribution in [3.8, 4) is 0 Å². The number of hydrogen-bond acceptors (Lipinski definition) is 4. The molecule has 0 unspecified atom stereocenters. The van der Waals surface area contributed by atoms with Crippen LogP contribution < -0.4 is 5.32 Å². The highest BCUT2D eigenvalue weighted by Gasteiger charge is 2.28. The zero-order valence-electron chi connectivity index (χ0n) is 9.83. The Labute approximate surface area is 109 Å². The molecule has 0 saturated heterocycles. The highest BCUT2D eigenvalue weighted by atomic mass is 32.1. The third-order valence-electron chi connectivity index (χ3n) is 2.98. The predicted octanol–water partition coefficient (Wildman–Crippen LogP) is 2.00. The van der Waals surface area contributed by atoms with Crippen LogP contribution in [-0.2, 0) is 4.79 Å². The number of thiazole rings is 1. The average molecular weight is 269 g/mol. The molecule has 1 saturated carbocycles. The minimum absolute atomic E-state index is 0.0288. The van der Waals surface area contributed by atoms with Gasteiger partial charge in [-0.25, -0.2) is 9.78 Å². The number of rotatable bonds is 4. The molecule has 0 aromatic carbocycles. The number of carboxylic acids is 1. The topological polar surface area (TPSA) is 82.5 Å². The van der Waals surface area contributed by atoms with Gasteiger partial charge in [0.2, 0.25) is 0 Å². The van der Waals surface area contributed by atoms with Gasteiger partial charge in [-0.1, -0.05) is 12.8 Å². The molecule has 98 valence electrons. The Balaban J connectivity index is 2.02. The Morgan fingerprint density at radius 1 is 1.50 bits per heavy atom. The van der Waals surface area contributed by atoms with Gasteiger partial charge in [0.15, 0.2) is 5.13 Å². The van der Waals surface area contributed by atoms with Gasteiger partial charge in [-0.15, -0.1) is 11.3 Å². The maximum Gasteiger partial charge on any atom is 0.324 e. The molecule has 0 spiro atoms. The van der Waals surface area contributed by atoms with Crippen molar-refractivity contribution in [3.05, 3.63) is 11.6 Å². The lowest BCUT2D eigenvalue weighted by molar-refractivity contribution is -0.138. The minimum Gasteiger partial charge on any atom is -0.480 e. The van der Waals surface area contributed by atoms with Crippen LogP contribution in [0.4, 0.5) is 9.93 Å². The molecule has 1 aliphatic rings. The van der Waals surface area contributed by atoms with Crippen molar-refractivity contribution in [1.29, 1.82) is 0 Å². The largest absolute Gasteiger partial charge is 0.480 e. The summed E-state index contributed by atoms with van der Waals surface area (Å²) in [5.41, 5.74) is 0. The van der Waals surface area contributed by atoms with E-state index in [1.165, 1.54) is 16.2 Å². The fourth-order valence-electron chi connectivity index (χ4n) is 2.18. The SMILES string of the molecule is O=C(O)CN(C(=O)Nc1nccs1)C1CCCC1. The normalized spacial score (nSPS) is 15.6. The number of nitrogens with zero attached hydrogens (tertiary/aromatic N) is 2. The van der Waals surface area contributed by atoms with E-state index < -0.39 is 5.97 Å². The summed E-state index contributed by atoms with van der Waals surface area (Å²) in [4.78, 5) is 28.2.